The summed E-state index contributed by atoms with van der Waals surface area (Å²) in [7, 11) is 0. The first-order valence-corrected chi connectivity index (χ1v) is 4.39. The lowest BCUT2D eigenvalue weighted by molar-refractivity contribution is 0.0169. The molecule has 2 aliphatic rings. The Kier molecular flexibility index (Phi) is 1.17. The summed E-state index contributed by atoms with van der Waals surface area (Å²) in [5.41, 5.74) is 0.0660. The zero-order chi connectivity index (χ0) is 7.24. The van der Waals surface area contributed by atoms with Crippen molar-refractivity contribution >= 4 is 0 Å². The minimum Gasteiger partial charge on any atom is -0.389 e. The molecule has 0 aliphatic heterocycles. The van der Waals surface area contributed by atoms with Crippen molar-refractivity contribution < 1.29 is 5.11 Å². The van der Waals surface area contributed by atoms with Crippen LogP contribution in [-0.2, 0) is 0 Å². The van der Waals surface area contributed by atoms with Gasteiger partial charge < -0.3 is 5.11 Å². The van der Waals surface area contributed by atoms with E-state index >= 15 is 0 Å². The average Bonchev–Trinajstić information content (AvgIpc) is 2.46. The molecule has 10 heavy (non-hydrogen) atoms. The van der Waals surface area contributed by atoms with E-state index in [1.165, 1.54) is 25.7 Å². The molecule has 2 aliphatic carbocycles. The molecule has 0 atom stereocenters. The Labute approximate surface area is 62.4 Å². The molecule has 58 valence electrons. The van der Waals surface area contributed by atoms with Crippen molar-refractivity contribution in [1.29, 1.82) is 0 Å². The van der Waals surface area contributed by atoms with E-state index in [2.05, 4.69) is 6.92 Å². The maximum absolute atomic E-state index is 9.89. The summed E-state index contributed by atoms with van der Waals surface area (Å²) in [5, 5.41) is 9.89. The van der Waals surface area contributed by atoms with E-state index in [4.69, 9.17) is 0 Å². The predicted molar refractivity (Wildman–Crippen MR) is 40.8 cm³/mol. The third kappa shape index (κ3) is 0.731. The van der Waals surface area contributed by atoms with E-state index in [9.17, 15) is 5.11 Å². The monoisotopic (exact) mass is 140 g/mol. The van der Waals surface area contributed by atoms with Crippen molar-refractivity contribution in [1.82, 2.24) is 0 Å². The lowest BCUT2D eigenvalue weighted by Crippen LogP contribution is -2.31. The van der Waals surface area contributed by atoms with Gasteiger partial charge in [-0.2, -0.15) is 0 Å². The molecule has 0 unspecified atom stereocenters. The van der Waals surface area contributed by atoms with Gasteiger partial charge in [0.05, 0.1) is 5.60 Å². The Morgan fingerprint density at radius 3 is 1.90 bits per heavy atom. The van der Waals surface area contributed by atoms with E-state index in [1.807, 2.05) is 0 Å². The fourth-order valence-electron chi connectivity index (χ4n) is 2.34. The Hall–Kier alpha value is -0.0400. The zero-order valence-electron chi connectivity index (χ0n) is 6.69. The summed E-state index contributed by atoms with van der Waals surface area (Å²) in [5.74, 6) is 0. The second-order valence-corrected chi connectivity index (χ2v) is 4.30. The van der Waals surface area contributed by atoms with Crippen molar-refractivity contribution in [3.05, 3.63) is 0 Å². The van der Waals surface area contributed by atoms with Crippen LogP contribution in [0.1, 0.15) is 45.4 Å². The highest BCUT2D eigenvalue weighted by Crippen LogP contribution is 2.57. The minimum atomic E-state index is -0.233. The molecule has 1 nitrogen and oxygen atoms in total. The van der Waals surface area contributed by atoms with Gasteiger partial charge in [0.1, 0.15) is 0 Å². The van der Waals surface area contributed by atoms with Crippen LogP contribution in [0, 0.1) is 5.41 Å². The van der Waals surface area contributed by atoms with Crippen LogP contribution in [0.3, 0.4) is 0 Å². The highest BCUT2D eigenvalue weighted by Gasteiger charge is 2.55. The zero-order valence-corrected chi connectivity index (χ0v) is 6.69. The topological polar surface area (TPSA) is 20.2 Å². The largest absolute Gasteiger partial charge is 0.389 e. The van der Waals surface area contributed by atoms with Crippen molar-refractivity contribution in [2.75, 3.05) is 0 Å². The summed E-state index contributed by atoms with van der Waals surface area (Å²) in [6.45, 7) is 2.26. The Bertz CT molecular complexity index is 141. The molecule has 0 amide bonds. The van der Waals surface area contributed by atoms with Crippen LogP contribution < -0.4 is 0 Å². The predicted octanol–water partition coefficient (Wildman–Crippen LogP) is 2.09. The normalized spacial score (nSPS) is 34.2. The highest BCUT2D eigenvalue weighted by molar-refractivity contribution is 5.07. The molecule has 0 spiro atoms. The molecule has 2 fully saturated rings. The van der Waals surface area contributed by atoms with Gasteiger partial charge in [0.15, 0.2) is 0 Å². The van der Waals surface area contributed by atoms with Crippen LogP contribution in [0.4, 0.5) is 0 Å². The SMILES string of the molecule is CC1(C2(O)CC2)CCCC1. The van der Waals surface area contributed by atoms with Crippen molar-refractivity contribution in [3.63, 3.8) is 0 Å². The molecule has 0 aromatic carbocycles. The molecule has 1 heteroatoms. The summed E-state index contributed by atoms with van der Waals surface area (Å²) in [6.07, 6.45) is 7.29. The quantitative estimate of drug-likeness (QED) is 0.591. The number of hydrogen-bond donors (Lipinski definition) is 1. The molecule has 0 aromatic heterocycles. The number of rotatable bonds is 1. The molecule has 0 saturated heterocycles. The maximum atomic E-state index is 9.89. The lowest BCUT2D eigenvalue weighted by Gasteiger charge is -2.29. The van der Waals surface area contributed by atoms with Crippen LogP contribution >= 0.6 is 0 Å². The van der Waals surface area contributed by atoms with Crippen molar-refractivity contribution in [2.45, 2.75) is 51.0 Å². The Morgan fingerprint density at radius 2 is 1.50 bits per heavy atom. The second-order valence-electron chi connectivity index (χ2n) is 4.30. The molecule has 0 heterocycles. The first-order valence-electron chi connectivity index (χ1n) is 4.39. The third-order valence-electron chi connectivity index (χ3n) is 3.55. The molecular weight excluding hydrogens is 124 g/mol. The number of hydrogen-bond acceptors (Lipinski definition) is 1. The van der Waals surface area contributed by atoms with Gasteiger partial charge >= 0.3 is 0 Å². The first-order chi connectivity index (χ1) is 4.66. The van der Waals surface area contributed by atoms with Gasteiger partial charge in [0, 0.05) is 0 Å². The summed E-state index contributed by atoms with van der Waals surface area (Å²) in [4.78, 5) is 0. The number of aliphatic hydroxyl groups is 1. The fraction of sp³-hybridized carbons (Fsp3) is 1.00. The summed E-state index contributed by atoms with van der Waals surface area (Å²) >= 11 is 0. The summed E-state index contributed by atoms with van der Waals surface area (Å²) < 4.78 is 0. The van der Waals surface area contributed by atoms with Gasteiger partial charge in [0.2, 0.25) is 0 Å². The molecule has 0 radical (unpaired) electrons. The molecule has 0 aromatic rings. The highest BCUT2D eigenvalue weighted by atomic mass is 16.3. The lowest BCUT2D eigenvalue weighted by atomic mass is 9.80. The van der Waals surface area contributed by atoms with E-state index in [-0.39, 0.29) is 5.60 Å². The van der Waals surface area contributed by atoms with Gasteiger partial charge in [0.25, 0.3) is 0 Å². The van der Waals surface area contributed by atoms with Crippen LogP contribution in [0.15, 0.2) is 0 Å². The van der Waals surface area contributed by atoms with Crippen LogP contribution in [-0.4, -0.2) is 10.7 Å². The van der Waals surface area contributed by atoms with Gasteiger partial charge in [-0.25, -0.2) is 0 Å². The average molecular weight is 140 g/mol. The molecule has 2 saturated carbocycles. The van der Waals surface area contributed by atoms with Crippen molar-refractivity contribution in [3.8, 4) is 0 Å². The molecule has 2 rings (SSSR count). The van der Waals surface area contributed by atoms with Crippen LogP contribution in [0.2, 0.25) is 0 Å². The maximum Gasteiger partial charge on any atom is 0.0703 e. The van der Waals surface area contributed by atoms with Crippen LogP contribution in [0.5, 0.6) is 0 Å². The van der Waals surface area contributed by atoms with Gasteiger partial charge in [-0.05, 0) is 31.1 Å². The second kappa shape index (κ2) is 1.76. The van der Waals surface area contributed by atoms with E-state index in [0.29, 0.717) is 5.41 Å². The summed E-state index contributed by atoms with van der Waals surface area (Å²) in [6, 6.07) is 0. The Morgan fingerprint density at radius 1 is 1.00 bits per heavy atom. The first kappa shape index (κ1) is 6.66. The van der Waals surface area contributed by atoms with Crippen LogP contribution in [0.25, 0.3) is 0 Å². The molecule has 1 N–H and O–H groups in total. The Balaban J connectivity index is 2.13. The standard InChI is InChI=1S/C9H16O/c1-8(4-2-3-5-8)9(10)6-7-9/h10H,2-7H2,1H3. The molecule has 0 bridgehead atoms. The van der Waals surface area contributed by atoms with E-state index in [0.717, 1.165) is 12.8 Å². The van der Waals surface area contributed by atoms with Gasteiger partial charge in [-0.15, -0.1) is 0 Å². The van der Waals surface area contributed by atoms with E-state index in [1.54, 1.807) is 0 Å². The van der Waals surface area contributed by atoms with Gasteiger partial charge in [-0.3, -0.25) is 0 Å². The van der Waals surface area contributed by atoms with Crippen molar-refractivity contribution in [2.24, 2.45) is 5.41 Å². The molecular formula is C9H16O. The van der Waals surface area contributed by atoms with E-state index < -0.39 is 0 Å². The third-order valence-corrected chi connectivity index (χ3v) is 3.55. The van der Waals surface area contributed by atoms with Gasteiger partial charge in [-0.1, -0.05) is 19.8 Å². The fourth-order valence-corrected chi connectivity index (χ4v) is 2.34. The minimum absolute atomic E-state index is 0.233. The smallest absolute Gasteiger partial charge is 0.0703 e.